The fourth-order valence-electron chi connectivity index (χ4n) is 7.71. The lowest BCUT2D eigenvalue weighted by Crippen LogP contribution is -2.37. The van der Waals surface area contributed by atoms with Gasteiger partial charge in [0, 0.05) is 53.9 Å². The Balaban J connectivity index is 0.983. The Morgan fingerprint density at radius 3 is 1.22 bits per heavy atom. The summed E-state index contributed by atoms with van der Waals surface area (Å²) in [6, 6.07) is 18.8. The zero-order chi connectivity index (χ0) is 38.5. The fourth-order valence-corrected chi connectivity index (χ4v) is 10.4. The predicted molar refractivity (Wildman–Crippen MR) is 208 cm³/mol. The Kier molecular flexibility index (Phi) is 10.5. The molecule has 0 amide bonds. The lowest BCUT2D eigenvalue weighted by atomic mass is 9.82. The van der Waals surface area contributed by atoms with Gasteiger partial charge in [-0.05, 0) is 86.1 Å². The van der Waals surface area contributed by atoms with E-state index in [4.69, 9.17) is 9.47 Å². The summed E-state index contributed by atoms with van der Waals surface area (Å²) in [7, 11) is 0. The molecular weight excluding hydrogens is 775 g/mol. The second-order valence-corrected chi connectivity index (χ2v) is 17.7. The normalized spacial score (nSPS) is 20.9. The second-order valence-electron chi connectivity index (χ2n) is 15.0. The number of aromatic nitrogens is 2. The quantitative estimate of drug-likeness (QED) is 0.129. The molecule has 3 aromatic carbocycles. The highest BCUT2D eigenvalue weighted by atomic mass is 32.1. The van der Waals surface area contributed by atoms with Gasteiger partial charge in [-0.25, -0.2) is 8.78 Å². The summed E-state index contributed by atoms with van der Waals surface area (Å²) in [6.45, 7) is 4.12. The van der Waals surface area contributed by atoms with E-state index in [9.17, 15) is 17.6 Å². The van der Waals surface area contributed by atoms with Crippen molar-refractivity contribution >= 4 is 45.4 Å². The molecule has 0 radical (unpaired) electrons. The van der Waals surface area contributed by atoms with Gasteiger partial charge in [-0.1, -0.05) is 51.7 Å². The van der Waals surface area contributed by atoms with Gasteiger partial charge in [-0.15, -0.1) is 22.7 Å². The largest absolute Gasteiger partial charge is 0.432 e. The summed E-state index contributed by atoms with van der Waals surface area (Å²) >= 11 is 3.74. The van der Waals surface area contributed by atoms with Crippen LogP contribution in [0.3, 0.4) is 0 Å². The maximum atomic E-state index is 15.4. The van der Waals surface area contributed by atoms with E-state index in [2.05, 4.69) is 22.6 Å². The number of fused-ring (bicyclic) bond motifs is 1. The molecule has 55 heavy (non-hydrogen) atoms. The first kappa shape index (κ1) is 38.0. The zero-order valence-corrected chi connectivity index (χ0v) is 32.5. The van der Waals surface area contributed by atoms with E-state index in [1.54, 1.807) is 12.1 Å². The van der Waals surface area contributed by atoms with Crippen LogP contribution in [-0.4, -0.2) is 21.0 Å². The number of alkyl halides is 4. The third kappa shape index (κ3) is 7.89. The highest BCUT2D eigenvalue weighted by Gasteiger charge is 2.44. The highest BCUT2D eigenvalue weighted by Crippen LogP contribution is 2.45. The van der Waals surface area contributed by atoms with Crippen LogP contribution in [0, 0.1) is 35.3 Å². The van der Waals surface area contributed by atoms with Crippen LogP contribution in [-0.2, 0) is 0 Å². The molecule has 3 heterocycles. The number of hydrogen-bond donors (Lipinski definition) is 0. The van der Waals surface area contributed by atoms with E-state index in [1.165, 1.54) is 46.9 Å². The highest BCUT2D eigenvalue weighted by molar-refractivity contribution is 7.19. The standard InChI is InChI=1S/C42H38F6N2O2S3/c1-23-3-7-25(8-4-23)41(45,46)51-27-11-13-29(33(43)21-27)35-17-19-37(53-35)31-15-16-32(40-39(31)49-55-50-40)38-20-18-36(54-38)30-14-12-28(22-34(30)44)52-42(47,48)26-9-5-24(2)6-10-26/h11-26H,3-10H2,1-2H3/t23-,24-,25-,26-. The number of nitrogens with zero attached hydrogens (tertiary/aromatic N) is 2. The fraction of sp³-hybridized carbons (Fsp3) is 0.381. The van der Waals surface area contributed by atoms with Crippen molar-refractivity contribution in [3.05, 3.63) is 84.4 Å². The van der Waals surface area contributed by atoms with Crippen LogP contribution >= 0.6 is 34.4 Å². The Labute approximate surface area is 327 Å². The van der Waals surface area contributed by atoms with Crippen molar-refractivity contribution in [2.45, 2.75) is 77.4 Å². The summed E-state index contributed by atoms with van der Waals surface area (Å²) < 4.78 is 110. The van der Waals surface area contributed by atoms with E-state index < -0.39 is 35.7 Å². The van der Waals surface area contributed by atoms with Gasteiger partial charge in [0.1, 0.15) is 34.2 Å². The Morgan fingerprint density at radius 1 is 0.509 bits per heavy atom. The average Bonchev–Trinajstić information content (AvgIpc) is 3.94. The van der Waals surface area contributed by atoms with Crippen molar-refractivity contribution in [2.24, 2.45) is 23.7 Å². The molecule has 0 saturated heterocycles. The number of benzene rings is 3. The van der Waals surface area contributed by atoms with E-state index in [0.717, 1.165) is 70.4 Å². The minimum Gasteiger partial charge on any atom is -0.432 e. The SMILES string of the molecule is C[C@H]1CC[C@H](C(F)(F)Oc2ccc(-c3ccc(-c4ccc(-c5ccc(-c6ccc(OC(F)(F)[C@H]7CC[C@H](C)CC7)cc6F)s5)c5nsnc45)s3)c(F)c2)CC1. The van der Waals surface area contributed by atoms with Crippen LogP contribution in [0.15, 0.2) is 72.8 Å². The number of rotatable bonds is 10. The van der Waals surface area contributed by atoms with Crippen LogP contribution in [0.5, 0.6) is 11.5 Å². The molecule has 3 aromatic heterocycles. The van der Waals surface area contributed by atoms with Crippen molar-refractivity contribution in [2.75, 3.05) is 0 Å². The van der Waals surface area contributed by atoms with Crippen LogP contribution < -0.4 is 9.47 Å². The maximum Gasteiger partial charge on any atom is 0.400 e. The summed E-state index contributed by atoms with van der Waals surface area (Å²) in [5, 5.41) is 0. The van der Waals surface area contributed by atoms with Crippen molar-refractivity contribution in [3.63, 3.8) is 0 Å². The van der Waals surface area contributed by atoms with Crippen molar-refractivity contribution in [1.29, 1.82) is 0 Å². The van der Waals surface area contributed by atoms with Crippen LogP contribution in [0.4, 0.5) is 26.3 Å². The zero-order valence-electron chi connectivity index (χ0n) is 30.1. The monoisotopic (exact) mass is 812 g/mol. The summed E-state index contributed by atoms with van der Waals surface area (Å²) in [6.07, 6.45) is -2.35. The maximum absolute atomic E-state index is 15.4. The van der Waals surface area contributed by atoms with Gasteiger partial charge in [-0.2, -0.15) is 26.3 Å². The van der Waals surface area contributed by atoms with Crippen molar-refractivity contribution in [3.8, 4) is 53.3 Å². The third-order valence-corrected chi connectivity index (χ3v) is 13.9. The molecule has 8 rings (SSSR count). The lowest BCUT2D eigenvalue weighted by Gasteiger charge is -2.32. The minimum absolute atomic E-state index is 0.206. The van der Waals surface area contributed by atoms with E-state index in [-0.39, 0.29) is 22.6 Å². The average molecular weight is 813 g/mol. The first-order valence-corrected chi connectivity index (χ1v) is 20.9. The lowest BCUT2D eigenvalue weighted by molar-refractivity contribution is -0.224. The molecule has 0 bridgehead atoms. The molecule has 288 valence electrons. The van der Waals surface area contributed by atoms with Gasteiger partial charge in [0.25, 0.3) is 0 Å². The molecule has 0 aliphatic heterocycles. The Bertz CT molecular complexity index is 2150. The van der Waals surface area contributed by atoms with E-state index >= 15 is 8.78 Å². The number of thiophene rings is 2. The molecule has 0 spiro atoms. The van der Waals surface area contributed by atoms with Gasteiger partial charge in [0.2, 0.25) is 0 Å². The van der Waals surface area contributed by atoms with E-state index in [0.29, 0.717) is 58.3 Å². The molecule has 13 heteroatoms. The van der Waals surface area contributed by atoms with Gasteiger partial charge in [0.05, 0.1) is 23.6 Å². The van der Waals surface area contributed by atoms with Crippen molar-refractivity contribution < 1.29 is 35.8 Å². The Morgan fingerprint density at radius 2 is 0.855 bits per heavy atom. The molecule has 6 aromatic rings. The van der Waals surface area contributed by atoms with Crippen molar-refractivity contribution in [1.82, 2.24) is 8.75 Å². The van der Waals surface area contributed by atoms with Crippen LogP contribution in [0.2, 0.25) is 0 Å². The molecule has 4 nitrogen and oxygen atoms in total. The number of hydrogen-bond acceptors (Lipinski definition) is 7. The minimum atomic E-state index is -3.37. The first-order valence-electron chi connectivity index (χ1n) is 18.5. The molecule has 2 aliphatic carbocycles. The Hall–Kier alpha value is -3.94. The third-order valence-electron chi connectivity index (χ3n) is 11.1. The van der Waals surface area contributed by atoms with Gasteiger partial charge in [0.15, 0.2) is 0 Å². The van der Waals surface area contributed by atoms with Gasteiger partial charge < -0.3 is 9.47 Å². The molecule has 0 N–H and O–H groups in total. The topological polar surface area (TPSA) is 44.2 Å². The molecular formula is C42H38F6N2O2S3. The predicted octanol–water partition coefficient (Wildman–Crippen LogP) is 14.4. The summed E-state index contributed by atoms with van der Waals surface area (Å²) in [4.78, 5) is 2.86. The second kappa shape index (κ2) is 15.2. The smallest absolute Gasteiger partial charge is 0.400 e. The summed E-state index contributed by atoms with van der Waals surface area (Å²) in [5.74, 6) is -2.67. The number of ether oxygens (including phenoxy) is 2. The molecule has 0 unspecified atom stereocenters. The van der Waals surface area contributed by atoms with Gasteiger partial charge in [-0.3, -0.25) is 0 Å². The van der Waals surface area contributed by atoms with E-state index in [1.807, 2.05) is 24.3 Å². The summed E-state index contributed by atoms with van der Waals surface area (Å²) in [5.41, 5.74) is 3.43. The molecule has 2 saturated carbocycles. The van der Waals surface area contributed by atoms with Crippen LogP contribution in [0.1, 0.15) is 65.2 Å². The molecule has 0 atom stereocenters. The molecule has 2 aliphatic rings. The number of halogens is 6. The van der Waals surface area contributed by atoms with Gasteiger partial charge >= 0.3 is 12.2 Å². The van der Waals surface area contributed by atoms with Crippen LogP contribution in [0.25, 0.3) is 52.8 Å². The first-order chi connectivity index (χ1) is 26.3. The molecule has 2 fully saturated rings.